The molecule has 7 nitrogen and oxygen atoms in total. The van der Waals surface area contributed by atoms with Crippen LogP contribution in [-0.4, -0.2) is 47.6 Å². The van der Waals surface area contributed by atoms with Crippen LogP contribution < -0.4 is 5.43 Å². The van der Waals surface area contributed by atoms with Gasteiger partial charge >= 0.3 is 0 Å². The molecule has 0 aromatic carbocycles. The van der Waals surface area contributed by atoms with E-state index in [4.69, 9.17) is 0 Å². The lowest BCUT2D eigenvalue weighted by Crippen LogP contribution is -2.31. The summed E-state index contributed by atoms with van der Waals surface area (Å²) >= 11 is 0. The molecule has 2 aliphatic rings. The standard InChI is InChI=1S/C8H11N5O2/c1-12-7(14)3-5(10-12)9-6-4-8(15)13(2)11-6/h3-4H2,1-2H3,(H,9,10,11). The molecule has 2 amide bonds. The first kappa shape index (κ1) is 9.63. The molecule has 1 fully saturated rings. The van der Waals surface area contributed by atoms with E-state index in [0.29, 0.717) is 11.7 Å². The molecule has 0 aliphatic carbocycles. The van der Waals surface area contributed by atoms with Crippen LogP contribution in [0, 0.1) is 0 Å². The van der Waals surface area contributed by atoms with Crippen LogP contribution in [0.15, 0.2) is 10.1 Å². The minimum absolute atomic E-state index is 0.0490. The van der Waals surface area contributed by atoms with Gasteiger partial charge in [0.2, 0.25) is 11.8 Å². The number of hydrogen-bond donors (Lipinski definition) is 1. The zero-order chi connectivity index (χ0) is 11.0. The van der Waals surface area contributed by atoms with Gasteiger partial charge in [0, 0.05) is 14.1 Å². The quantitative estimate of drug-likeness (QED) is 0.551. The highest BCUT2D eigenvalue weighted by molar-refractivity contribution is 6.13. The van der Waals surface area contributed by atoms with Crippen LogP contribution >= 0.6 is 0 Å². The number of nitrogens with one attached hydrogen (secondary N) is 1. The van der Waals surface area contributed by atoms with Crippen LogP contribution in [0.5, 0.6) is 0 Å². The van der Waals surface area contributed by atoms with E-state index >= 15 is 0 Å². The lowest BCUT2D eigenvalue weighted by molar-refractivity contribution is -0.128. The highest BCUT2D eigenvalue weighted by Gasteiger charge is 2.25. The number of hydrazine groups is 1. The van der Waals surface area contributed by atoms with Gasteiger partial charge in [-0.15, -0.1) is 0 Å². The Morgan fingerprint density at radius 3 is 2.47 bits per heavy atom. The van der Waals surface area contributed by atoms with Crippen molar-refractivity contribution in [2.24, 2.45) is 10.1 Å². The van der Waals surface area contributed by atoms with Crippen molar-refractivity contribution < 1.29 is 9.59 Å². The topological polar surface area (TPSA) is 77.4 Å². The summed E-state index contributed by atoms with van der Waals surface area (Å²) < 4.78 is 0. The number of carbonyl (C=O) groups is 2. The zero-order valence-electron chi connectivity index (χ0n) is 8.52. The summed E-state index contributed by atoms with van der Waals surface area (Å²) in [6.45, 7) is 0. The summed E-state index contributed by atoms with van der Waals surface area (Å²) in [4.78, 5) is 26.4. The number of amides is 2. The summed E-state index contributed by atoms with van der Waals surface area (Å²) in [6.07, 6.45) is 0.424. The molecule has 0 unspecified atom stereocenters. The van der Waals surface area contributed by atoms with Crippen LogP contribution in [0.1, 0.15) is 12.8 Å². The van der Waals surface area contributed by atoms with Crippen molar-refractivity contribution in [3.05, 3.63) is 0 Å². The fourth-order valence-electron chi connectivity index (χ4n) is 1.35. The number of hydrogen-bond acceptors (Lipinski definition) is 4. The van der Waals surface area contributed by atoms with Crippen LogP contribution in [0.25, 0.3) is 0 Å². The minimum atomic E-state index is -0.0907. The molecule has 15 heavy (non-hydrogen) atoms. The molecule has 80 valence electrons. The largest absolute Gasteiger partial charge is 0.283 e. The fourth-order valence-corrected chi connectivity index (χ4v) is 1.35. The average molecular weight is 209 g/mol. The van der Waals surface area contributed by atoms with E-state index in [1.54, 1.807) is 14.1 Å². The summed E-state index contributed by atoms with van der Waals surface area (Å²) in [5.74, 6) is 0.830. The van der Waals surface area contributed by atoms with E-state index < -0.39 is 0 Å². The molecule has 0 saturated carbocycles. The minimum Gasteiger partial charge on any atom is -0.283 e. The lowest BCUT2D eigenvalue weighted by atomic mass is 10.3. The van der Waals surface area contributed by atoms with Crippen molar-refractivity contribution in [1.82, 2.24) is 15.4 Å². The number of aliphatic imine (C=N–C) groups is 1. The number of nitrogens with zero attached hydrogens (tertiary/aromatic N) is 4. The van der Waals surface area contributed by atoms with E-state index in [1.165, 1.54) is 10.0 Å². The second-order valence-corrected chi connectivity index (χ2v) is 3.41. The molecule has 7 heteroatoms. The molecule has 2 heterocycles. The molecule has 0 radical (unpaired) electrons. The maximum Gasteiger partial charge on any atom is 0.250 e. The highest BCUT2D eigenvalue weighted by Crippen LogP contribution is 2.08. The molecule has 2 aliphatic heterocycles. The van der Waals surface area contributed by atoms with E-state index in [-0.39, 0.29) is 24.7 Å². The van der Waals surface area contributed by atoms with Gasteiger partial charge < -0.3 is 0 Å². The number of rotatable bonds is 0. The molecule has 1 saturated heterocycles. The van der Waals surface area contributed by atoms with Crippen LogP contribution in [0.2, 0.25) is 0 Å². The van der Waals surface area contributed by atoms with Gasteiger partial charge in [0.1, 0.15) is 5.84 Å². The van der Waals surface area contributed by atoms with Gasteiger partial charge in [-0.25, -0.2) is 10.0 Å². The Balaban J connectivity index is 2.10. The molecular formula is C8H11N5O2. The van der Waals surface area contributed by atoms with Crippen molar-refractivity contribution >= 4 is 23.5 Å². The summed E-state index contributed by atoms with van der Waals surface area (Å²) in [5, 5.41) is 6.54. The third-order valence-corrected chi connectivity index (χ3v) is 2.19. The second kappa shape index (κ2) is 3.34. The highest BCUT2D eigenvalue weighted by atomic mass is 16.2. The van der Waals surface area contributed by atoms with Crippen molar-refractivity contribution in [2.45, 2.75) is 12.8 Å². The Labute approximate surface area is 86.4 Å². The predicted molar refractivity (Wildman–Crippen MR) is 52.8 cm³/mol. The normalized spacial score (nSPS) is 23.9. The molecular weight excluding hydrogens is 198 g/mol. The molecule has 0 aromatic heterocycles. The van der Waals surface area contributed by atoms with E-state index in [2.05, 4.69) is 15.5 Å². The SMILES string of the molecule is CN1N=C(N=C2CC(=O)N(C)N2)CC1=O. The van der Waals surface area contributed by atoms with Crippen LogP contribution in [0.3, 0.4) is 0 Å². The first-order valence-electron chi connectivity index (χ1n) is 4.51. The summed E-state index contributed by atoms with van der Waals surface area (Å²) in [6, 6.07) is 0. The van der Waals surface area contributed by atoms with Crippen molar-refractivity contribution in [3.8, 4) is 0 Å². The maximum atomic E-state index is 11.2. The first-order valence-corrected chi connectivity index (χ1v) is 4.51. The molecule has 0 spiro atoms. The molecule has 0 aromatic rings. The molecule has 2 rings (SSSR count). The number of hydrazone groups is 1. The number of carbonyl (C=O) groups excluding carboxylic acids is 2. The van der Waals surface area contributed by atoms with Gasteiger partial charge in [0.15, 0.2) is 5.84 Å². The smallest absolute Gasteiger partial charge is 0.250 e. The van der Waals surface area contributed by atoms with Crippen molar-refractivity contribution in [2.75, 3.05) is 14.1 Å². The van der Waals surface area contributed by atoms with E-state index in [0.717, 1.165) is 0 Å². The Morgan fingerprint density at radius 1 is 1.27 bits per heavy atom. The summed E-state index contributed by atoms with van der Waals surface area (Å²) in [5.41, 5.74) is 2.78. The Bertz CT molecular complexity index is 386. The summed E-state index contributed by atoms with van der Waals surface area (Å²) in [7, 11) is 3.20. The Kier molecular flexibility index (Phi) is 2.14. The van der Waals surface area contributed by atoms with Gasteiger partial charge in [-0.2, -0.15) is 5.10 Å². The van der Waals surface area contributed by atoms with Gasteiger partial charge in [-0.3, -0.25) is 20.0 Å². The number of amidine groups is 2. The van der Waals surface area contributed by atoms with E-state index in [9.17, 15) is 9.59 Å². The lowest BCUT2D eigenvalue weighted by Gasteiger charge is -2.06. The maximum absolute atomic E-state index is 11.2. The Hall–Kier alpha value is -1.92. The van der Waals surface area contributed by atoms with E-state index in [1.807, 2.05) is 0 Å². The average Bonchev–Trinajstić information content (AvgIpc) is 2.59. The second-order valence-electron chi connectivity index (χ2n) is 3.41. The van der Waals surface area contributed by atoms with Crippen LogP contribution in [-0.2, 0) is 9.59 Å². The third-order valence-electron chi connectivity index (χ3n) is 2.19. The Morgan fingerprint density at radius 2 is 2.00 bits per heavy atom. The van der Waals surface area contributed by atoms with Crippen molar-refractivity contribution in [1.29, 1.82) is 0 Å². The molecule has 0 bridgehead atoms. The predicted octanol–water partition coefficient (Wildman–Crippen LogP) is -1.07. The van der Waals surface area contributed by atoms with Gasteiger partial charge in [0.05, 0.1) is 12.8 Å². The first-order chi connectivity index (χ1) is 7.06. The zero-order valence-corrected chi connectivity index (χ0v) is 8.52. The van der Waals surface area contributed by atoms with Gasteiger partial charge in [-0.05, 0) is 0 Å². The molecule has 1 N–H and O–H groups in total. The monoisotopic (exact) mass is 209 g/mol. The third kappa shape index (κ3) is 1.80. The van der Waals surface area contributed by atoms with Gasteiger partial charge in [0.25, 0.3) is 0 Å². The fraction of sp³-hybridized carbons (Fsp3) is 0.500. The molecule has 0 atom stereocenters. The van der Waals surface area contributed by atoms with Crippen molar-refractivity contribution in [3.63, 3.8) is 0 Å². The van der Waals surface area contributed by atoms with Gasteiger partial charge in [-0.1, -0.05) is 0 Å². The van der Waals surface area contributed by atoms with Crippen LogP contribution in [0.4, 0.5) is 0 Å².